The van der Waals surface area contributed by atoms with E-state index in [1.54, 1.807) is 6.92 Å². The Morgan fingerprint density at radius 3 is 2.56 bits per heavy atom. The number of hydrogen-bond donors (Lipinski definition) is 2. The van der Waals surface area contributed by atoms with Crippen LogP contribution in [0.15, 0.2) is 39.4 Å². The van der Waals surface area contributed by atoms with Gasteiger partial charge in [-0.3, -0.25) is 9.52 Å². The van der Waals surface area contributed by atoms with Gasteiger partial charge < -0.3 is 5.32 Å². The number of aromatic nitrogens is 2. The molecular weight excluding hydrogens is 404 g/mol. The van der Waals surface area contributed by atoms with Crippen LogP contribution in [0.5, 0.6) is 0 Å². The van der Waals surface area contributed by atoms with Crippen molar-refractivity contribution in [1.29, 1.82) is 0 Å². The number of carbonyl (C=O) groups excluding carboxylic acids is 1. The topological polar surface area (TPSA) is 126 Å². The Balaban J connectivity index is 1.71. The van der Waals surface area contributed by atoms with Crippen LogP contribution in [0, 0.1) is 6.92 Å². The zero-order valence-electron chi connectivity index (χ0n) is 12.5. The molecule has 1 amide bonds. The van der Waals surface area contributed by atoms with Crippen LogP contribution in [0.2, 0.25) is 0 Å². The van der Waals surface area contributed by atoms with Crippen molar-refractivity contribution in [3.8, 4) is 0 Å². The number of aryl methyl sites for hydroxylation is 1. The highest BCUT2D eigenvalue weighted by atomic mass is 32.2. The molecule has 0 aliphatic carbocycles. The Morgan fingerprint density at radius 2 is 2.00 bits per heavy atom. The van der Waals surface area contributed by atoms with E-state index in [2.05, 4.69) is 30.5 Å². The molecule has 13 heteroatoms. The fourth-order valence-electron chi connectivity index (χ4n) is 1.75. The first-order valence-electron chi connectivity index (χ1n) is 6.69. The molecule has 3 rings (SSSR count). The Kier molecular flexibility index (Phi) is 5.08. The van der Waals surface area contributed by atoms with Gasteiger partial charge >= 0.3 is 0 Å². The number of amides is 1. The lowest BCUT2D eigenvalue weighted by Gasteiger charge is -2.04. The average Bonchev–Trinajstić information content (AvgIpc) is 3.10. The minimum atomic E-state index is -3.76. The normalized spacial score (nSPS) is 17.9. The number of anilines is 1. The minimum Gasteiger partial charge on any atom is -0.309 e. The highest BCUT2D eigenvalue weighted by Crippen LogP contribution is 2.24. The van der Waals surface area contributed by atoms with Gasteiger partial charge in [0.2, 0.25) is 10.5 Å². The summed E-state index contributed by atoms with van der Waals surface area (Å²) >= 11 is 7.10. The van der Waals surface area contributed by atoms with Crippen molar-refractivity contribution in [2.24, 2.45) is 10.2 Å². The number of carbonyl (C=O) groups is 1. The first-order valence-corrected chi connectivity index (χ1v) is 10.3. The highest BCUT2D eigenvalue weighted by Gasteiger charge is 2.28. The molecule has 1 aliphatic heterocycles. The second kappa shape index (κ2) is 7.11. The third-order valence-electron chi connectivity index (χ3n) is 2.84. The van der Waals surface area contributed by atoms with Crippen molar-refractivity contribution in [1.82, 2.24) is 15.5 Å². The maximum atomic E-state index is 12.3. The number of rotatable bonds is 5. The van der Waals surface area contributed by atoms with Crippen molar-refractivity contribution < 1.29 is 13.2 Å². The lowest BCUT2D eigenvalue weighted by atomic mass is 10.3. The van der Waals surface area contributed by atoms with E-state index in [0.29, 0.717) is 15.0 Å². The molecular formula is C12H10N6O3S4. The molecule has 0 radical (unpaired) electrons. The third kappa shape index (κ3) is 4.36. The predicted molar refractivity (Wildman–Crippen MR) is 98.5 cm³/mol. The van der Waals surface area contributed by atoms with Crippen LogP contribution in [0.4, 0.5) is 10.8 Å². The second-order valence-electron chi connectivity index (χ2n) is 4.69. The van der Waals surface area contributed by atoms with Crippen molar-refractivity contribution in [2.75, 3.05) is 4.72 Å². The molecule has 0 spiro atoms. The molecule has 9 nitrogen and oxygen atoms in total. The first kappa shape index (κ1) is 17.8. The van der Waals surface area contributed by atoms with E-state index >= 15 is 0 Å². The summed E-state index contributed by atoms with van der Waals surface area (Å²) in [5.74, 6) is -0.325. The molecule has 2 N–H and O–H groups in total. The van der Waals surface area contributed by atoms with Crippen molar-refractivity contribution in [3.63, 3.8) is 0 Å². The maximum Gasteiger partial charge on any atom is 0.263 e. The summed E-state index contributed by atoms with van der Waals surface area (Å²) in [6.07, 6.45) is 0. The molecule has 0 bridgehead atoms. The number of azo groups is 1. The van der Waals surface area contributed by atoms with Gasteiger partial charge in [0.25, 0.3) is 15.9 Å². The van der Waals surface area contributed by atoms with E-state index in [1.807, 2.05) is 0 Å². The van der Waals surface area contributed by atoms with Crippen LogP contribution >= 0.6 is 35.3 Å². The summed E-state index contributed by atoms with van der Waals surface area (Å²) in [4.78, 5) is 11.5. The molecule has 2 aromatic rings. The van der Waals surface area contributed by atoms with E-state index in [1.165, 1.54) is 24.3 Å². The van der Waals surface area contributed by atoms with Gasteiger partial charge in [0.15, 0.2) is 0 Å². The van der Waals surface area contributed by atoms with Crippen LogP contribution in [-0.2, 0) is 14.8 Å². The SMILES string of the molecule is Cc1nnc(NS(=O)(=O)c2ccc(N=NC3SC(=S)NC3=O)cc2)s1. The van der Waals surface area contributed by atoms with E-state index in [9.17, 15) is 13.2 Å². The van der Waals surface area contributed by atoms with Crippen molar-refractivity contribution in [3.05, 3.63) is 29.3 Å². The number of benzene rings is 1. The van der Waals surface area contributed by atoms with Crippen LogP contribution in [0.25, 0.3) is 0 Å². The summed E-state index contributed by atoms with van der Waals surface area (Å²) in [5.41, 5.74) is 0.414. The third-order valence-corrected chi connectivity index (χ3v) is 6.32. The molecule has 1 fully saturated rings. The largest absolute Gasteiger partial charge is 0.309 e. The van der Waals surface area contributed by atoms with E-state index < -0.39 is 15.4 Å². The minimum absolute atomic E-state index is 0.0495. The molecule has 1 aromatic carbocycles. The van der Waals surface area contributed by atoms with Crippen LogP contribution in [0.3, 0.4) is 0 Å². The van der Waals surface area contributed by atoms with Gasteiger partial charge in [-0.05, 0) is 31.2 Å². The lowest BCUT2D eigenvalue weighted by Crippen LogP contribution is -2.22. The van der Waals surface area contributed by atoms with Gasteiger partial charge in [0.05, 0.1) is 10.6 Å². The summed E-state index contributed by atoms with van der Waals surface area (Å²) in [6.45, 7) is 1.73. The van der Waals surface area contributed by atoms with E-state index in [4.69, 9.17) is 12.2 Å². The number of nitrogens with one attached hydrogen (secondary N) is 2. The van der Waals surface area contributed by atoms with Crippen LogP contribution in [0.1, 0.15) is 5.01 Å². The molecule has 1 aliphatic rings. The highest BCUT2D eigenvalue weighted by molar-refractivity contribution is 8.24. The Bertz CT molecular complexity index is 953. The molecule has 25 heavy (non-hydrogen) atoms. The number of thiocarbonyl (C=S) groups is 1. The quantitative estimate of drug-likeness (QED) is 0.567. The van der Waals surface area contributed by atoms with Crippen molar-refractivity contribution in [2.45, 2.75) is 17.2 Å². The number of thioether (sulfide) groups is 1. The summed E-state index contributed by atoms with van der Waals surface area (Å²) in [6, 6.07) is 5.74. The van der Waals surface area contributed by atoms with Gasteiger partial charge in [0, 0.05) is 0 Å². The van der Waals surface area contributed by atoms with E-state index in [-0.39, 0.29) is 15.9 Å². The lowest BCUT2D eigenvalue weighted by molar-refractivity contribution is -0.118. The van der Waals surface area contributed by atoms with Gasteiger partial charge in [0.1, 0.15) is 9.33 Å². The number of nitrogens with zero attached hydrogens (tertiary/aromatic N) is 4. The first-order chi connectivity index (χ1) is 11.8. The molecule has 1 unspecified atom stereocenters. The van der Waals surface area contributed by atoms with Gasteiger partial charge in [-0.1, -0.05) is 35.3 Å². The average molecular weight is 415 g/mol. The maximum absolute atomic E-state index is 12.3. The molecule has 1 aromatic heterocycles. The predicted octanol–water partition coefficient (Wildman–Crippen LogP) is 2.21. The zero-order chi connectivity index (χ0) is 18.0. The summed E-state index contributed by atoms with van der Waals surface area (Å²) < 4.78 is 27.3. The molecule has 1 atom stereocenters. The van der Waals surface area contributed by atoms with Crippen LogP contribution < -0.4 is 10.0 Å². The molecule has 1 saturated heterocycles. The monoisotopic (exact) mass is 414 g/mol. The Morgan fingerprint density at radius 1 is 1.28 bits per heavy atom. The Hall–Kier alpha value is -1.96. The van der Waals surface area contributed by atoms with Gasteiger partial charge in [-0.15, -0.1) is 10.2 Å². The second-order valence-corrected chi connectivity index (χ2v) is 9.31. The Labute approximate surface area is 156 Å². The van der Waals surface area contributed by atoms with E-state index in [0.717, 1.165) is 23.1 Å². The van der Waals surface area contributed by atoms with Crippen LogP contribution in [-0.4, -0.2) is 34.2 Å². The van der Waals surface area contributed by atoms with Gasteiger partial charge in [-0.2, -0.15) is 10.2 Å². The van der Waals surface area contributed by atoms with Gasteiger partial charge in [-0.25, -0.2) is 8.42 Å². The number of sulfonamides is 1. The molecule has 2 heterocycles. The molecule has 0 saturated carbocycles. The number of hydrogen-bond acceptors (Lipinski definition) is 10. The standard InChI is InChI=1S/C12H10N6O3S4/c1-6-14-17-11(23-6)18-25(20,21)8-4-2-7(3-5-8)15-16-10-9(19)13-12(22)24-10/h2-5,10H,1H3,(H,17,18)(H,13,19,22). The van der Waals surface area contributed by atoms with Crippen molar-refractivity contribution >= 4 is 66.4 Å². The summed E-state index contributed by atoms with van der Waals surface area (Å²) in [5, 5.41) is 17.9. The fraction of sp³-hybridized carbons (Fsp3) is 0.167. The molecule has 130 valence electrons. The summed E-state index contributed by atoms with van der Waals surface area (Å²) in [7, 11) is -3.76. The fourth-order valence-corrected chi connectivity index (χ4v) is 4.56. The zero-order valence-corrected chi connectivity index (χ0v) is 15.8. The smallest absolute Gasteiger partial charge is 0.263 e.